The highest BCUT2D eigenvalue weighted by molar-refractivity contribution is 7.99. The van der Waals surface area contributed by atoms with Gasteiger partial charge in [-0.3, -0.25) is 0 Å². The fourth-order valence-corrected chi connectivity index (χ4v) is 2.44. The second kappa shape index (κ2) is 8.52. The Bertz CT molecular complexity index is 658. The number of hydrogen-bond donors (Lipinski definition) is 3. The Labute approximate surface area is 140 Å². The molecule has 0 spiro atoms. The summed E-state index contributed by atoms with van der Waals surface area (Å²) < 4.78 is 36.2. The van der Waals surface area contributed by atoms with Crippen molar-refractivity contribution in [3.63, 3.8) is 0 Å². The summed E-state index contributed by atoms with van der Waals surface area (Å²) in [4.78, 5) is 18.5. The van der Waals surface area contributed by atoms with E-state index in [9.17, 15) is 13.2 Å². The first-order valence-electron chi connectivity index (χ1n) is 6.99. The smallest absolute Gasteiger partial charge is 0.370 e. The molecule has 0 aliphatic rings. The number of hydrogen-bond acceptors (Lipinski definition) is 5. The van der Waals surface area contributed by atoms with E-state index in [1.54, 1.807) is 6.33 Å². The molecule has 0 radical (unpaired) electrons. The minimum Gasteiger partial charge on any atom is -0.370 e. The molecule has 0 aliphatic carbocycles. The molecule has 0 amide bonds. The average molecular weight is 359 g/mol. The third-order valence-corrected chi connectivity index (χ3v) is 3.63. The van der Waals surface area contributed by atoms with E-state index in [0.29, 0.717) is 11.0 Å². The molecule has 0 bridgehead atoms. The fraction of sp³-hybridized carbons (Fsp3) is 0.385. The number of anilines is 1. The summed E-state index contributed by atoms with van der Waals surface area (Å²) in [5.41, 5.74) is 6.39. The van der Waals surface area contributed by atoms with Crippen molar-refractivity contribution in [1.82, 2.24) is 19.9 Å². The van der Waals surface area contributed by atoms with Crippen LogP contribution in [0.5, 0.6) is 0 Å². The molecular weight excluding hydrogens is 343 g/mol. The highest BCUT2D eigenvalue weighted by Gasteiger charge is 2.26. The number of imidazole rings is 1. The molecule has 4 N–H and O–H groups in total. The number of thioether (sulfide) groups is 1. The quantitative estimate of drug-likeness (QED) is 0.230. The first-order chi connectivity index (χ1) is 11.4. The summed E-state index contributed by atoms with van der Waals surface area (Å²) in [6, 6.07) is 1.50. The third kappa shape index (κ3) is 6.86. The number of nitrogens with zero attached hydrogens (tertiary/aromatic N) is 4. The molecule has 2 rings (SSSR count). The topological polar surface area (TPSA) is 105 Å². The maximum atomic E-state index is 12.1. The van der Waals surface area contributed by atoms with Gasteiger partial charge in [0, 0.05) is 18.1 Å². The third-order valence-electron chi connectivity index (χ3n) is 2.68. The molecule has 0 atom stereocenters. The molecule has 0 saturated carbocycles. The molecule has 2 aromatic heterocycles. The highest BCUT2D eigenvalue weighted by atomic mass is 32.2. The number of aryl methyl sites for hydroxylation is 1. The summed E-state index contributed by atoms with van der Waals surface area (Å²) in [6.07, 6.45) is 2.31. The zero-order chi connectivity index (χ0) is 17.4. The van der Waals surface area contributed by atoms with Gasteiger partial charge in [-0.15, -0.1) is 0 Å². The average Bonchev–Trinajstić information content (AvgIpc) is 3.03. The molecule has 130 valence electrons. The number of aliphatic imine (C=N–C) groups is 1. The van der Waals surface area contributed by atoms with E-state index in [0.717, 1.165) is 24.3 Å². The van der Waals surface area contributed by atoms with Crippen LogP contribution in [0.25, 0.3) is 0 Å². The van der Waals surface area contributed by atoms with Crippen molar-refractivity contribution in [2.24, 2.45) is 10.7 Å². The van der Waals surface area contributed by atoms with E-state index in [1.165, 1.54) is 24.0 Å². The van der Waals surface area contributed by atoms with Crippen molar-refractivity contribution in [3.05, 3.63) is 30.5 Å². The van der Waals surface area contributed by atoms with Crippen molar-refractivity contribution in [1.29, 1.82) is 0 Å². The summed E-state index contributed by atoms with van der Waals surface area (Å²) >= 11 is 1.44. The second-order valence-electron chi connectivity index (χ2n) is 4.68. The lowest BCUT2D eigenvalue weighted by atomic mass is 10.3. The largest absolute Gasteiger partial charge is 0.408 e. The van der Waals surface area contributed by atoms with E-state index in [-0.39, 0.29) is 5.96 Å². The molecule has 24 heavy (non-hydrogen) atoms. The molecule has 2 aromatic rings. The Morgan fingerprint density at radius 3 is 2.92 bits per heavy atom. The first-order valence-corrected chi connectivity index (χ1v) is 7.98. The van der Waals surface area contributed by atoms with Crippen LogP contribution in [0, 0.1) is 0 Å². The van der Waals surface area contributed by atoms with Gasteiger partial charge in [0.15, 0.2) is 11.1 Å². The first kappa shape index (κ1) is 18.0. The standard InChI is InChI=1S/C13H16F3N7S/c14-13(15,16)7-20-11(17)22-10-3-4-19-12(23-10)24-5-1-2-9-6-18-8-21-9/h3-4,6,8H,1-2,5,7H2,(H,18,21)(H3,17,19,20,22,23). The van der Waals surface area contributed by atoms with Gasteiger partial charge in [0.05, 0.1) is 12.0 Å². The van der Waals surface area contributed by atoms with Gasteiger partial charge in [-0.2, -0.15) is 13.2 Å². The minimum absolute atomic E-state index is 0.295. The van der Waals surface area contributed by atoms with Crippen LogP contribution in [-0.2, 0) is 6.42 Å². The van der Waals surface area contributed by atoms with Gasteiger partial charge in [0.1, 0.15) is 12.4 Å². The molecule has 0 fully saturated rings. The van der Waals surface area contributed by atoms with Crippen molar-refractivity contribution in [3.8, 4) is 0 Å². The van der Waals surface area contributed by atoms with Gasteiger partial charge in [-0.05, 0) is 18.9 Å². The Balaban J connectivity index is 1.80. The van der Waals surface area contributed by atoms with Gasteiger partial charge in [0.25, 0.3) is 0 Å². The van der Waals surface area contributed by atoms with Crippen LogP contribution in [0.1, 0.15) is 12.1 Å². The maximum absolute atomic E-state index is 12.1. The zero-order valence-electron chi connectivity index (χ0n) is 12.5. The van der Waals surface area contributed by atoms with E-state index in [2.05, 4.69) is 30.2 Å². The number of aromatic amines is 1. The number of rotatable bonds is 7. The molecule has 0 unspecified atom stereocenters. The normalized spacial score (nSPS) is 12.4. The predicted octanol–water partition coefficient (Wildman–Crippen LogP) is 2.21. The van der Waals surface area contributed by atoms with E-state index >= 15 is 0 Å². The molecule has 2 heterocycles. The van der Waals surface area contributed by atoms with Gasteiger partial charge < -0.3 is 16.0 Å². The zero-order valence-corrected chi connectivity index (χ0v) is 13.4. The van der Waals surface area contributed by atoms with Crippen LogP contribution in [0.2, 0.25) is 0 Å². The predicted molar refractivity (Wildman–Crippen MR) is 85.8 cm³/mol. The lowest BCUT2D eigenvalue weighted by Gasteiger charge is -2.07. The Morgan fingerprint density at radius 1 is 1.38 bits per heavy atom. The Morgan fingerprint density at radius 2 is 2.21 bits per heavy atom. The van der Waals surface area contributed by atoms with Gasteiger partial charge >= 0.3 is 6.18 Å². The SMILES string of the molecule is NC(=NCC(F)(F)F)Nc1ccnc(SCCCc2c[nH]cn2)n1. The van der Waals surface area contributed by atoms with Crippen LogP contribution in [0.4, 0.5) is 19.0 Å². The fourth-order valence-electron chi connectivity index (χ4n) is 1.67. The lowest BCUT2D eigenvalue weighted by Crippen LogP contribution is -2.26. The number of H-pyrrole nitrogens is 1. The van der Waals surface area contributed by atoms with Crippen LogP contribution in [-0.4, -0.2) is 44.4 Å². The molecule has 0 aromatic carbocycles. The molecule has 11 heteroatoms. The lowest BCUT2D eigenvalue weighted by molar-refractivity contribution is -0.118. The van der Waals surface area contributed by atoms with Gasteiger partial charge in [-0.1, -0.05) is 11.8 Å². The van der Waals surface area contributed by atoms with Crippen molar-refractivity contribution in [2.75, 3.05) is 17.6 Å². The van der Waals surface area contributed by atoms with Crippen molar-refractivity contribution in [2.45, 2.75) is 24.2 Å². The molecule has 0 aliphatic heterocycles. The number of nitrogens with one attached hydrogen (secondary N) is 2. The van der Waals surface area contributed by atoms with Crippen molar-refractivity contribution < 1.29 is 13.2 Å². The molecule has 7 nitrogen and oxygen atoms in total. The second-order valence-corrected chi connectivity index (χ2v) is 5.74. The Kier molecular flexibility index (Phi) is 6.41. The van der Waals surface area contributed by atoms with Gasteiger partial charge in [-0.25, -0.2) is 19.9 Å². The monoisotopic (exact) mass is 359 g/mol. The number of aromatic nitrogens is 4. The summed E-state index contributed by atoms with van der Waals surface area (Å²) in [5, 5.41) is 3.02. The summed E-state index contributed by atoms with van der Waals surface area (Å²) in [6.45, 7) is -1.34. The Hall–Kier alpha value is -2.30. The minimum atomic E-state index is -4.40. The van der Waals surface area contributed by atoms with Crippen LogP contribution in [0.15, 0.2) is 34.9 Å². The van der Waals surface area contributed by atoms with Crippen LogP contribution < -0.4 is 11.1 Å². The highest BCUT2D eigenvalue weighted by Crippen LogP contribution is 2.17. The summed E-state index contributed by atoms with van der Waals surface area (Å²) in [7, 11) is 0. The number of halogens is 3. The van der Waals surface area contributed by atoms with E-state index in [4.69, 9.17) is 5.73 Å². The number of alkyl halides is 3. The van der Waals surface area contributed by atoms with Crippen LogP contribution in [0.3, 0.4) is 0 Å². The van der Waals surface area contributed by atoms with E-state index < -0.39 is 12.7 Å². The summed E-state index contributed by atoms with van der Waals surface area (Å²) in [5.74, 6) is 0.734. The molecule has 0 saturated heterocycles. The van der Waals surface area contributed by atoms with Gasteiger partial charge in [0.2, 0.25) is 0 Å². The van der Waals surface area contributed by atoms with Crippen LogP contribution >= 0.6 is 11.8 Å². The van der Waals surface area contributed by atoms with Crippen molar-refractivity contribution >= 4 is 23.5 Å². The van der Waals surface area contributed by atoms with E-state index in [1.807, 2.05) is 6.20 Å². The molecular formula is C13H16F3N7S. The number of nitrogens with two attached hydrogens (primary N) is 1. The number of guanidine groups is 1. The maximum Gasteiger partial charge on any atom is 0.408 e.